The molecule has 1 atom stereocenters. The number of nitrogens with zero attached hydrogens (tertiary/aromatic N) is 1. The average Bonchev–Trinajstić information content (AvgIpc) is 2.50. The lowest BCUT2D eigenvalue weighted by Crippen LogP contribution is -2.33. The van der Waals surface area contributed by atoms with Gasteiger partial charge in [0.2, 0.25) is 0 Å². The van der Waals surface area contributed by atoms with Gasteiger partial charge in [-0.2, -0.15) is 5.26 Å². The van der Waals surface area contributed by atoms with Crippen molar-refractivity contribution in [2.45, 2.75) is 32.7 Å². The van der Waals surface area contributed by atoms with Gasteiger partial charge in [0.1, 0.15) is 0 Å². The van der Waals surface area contributed by atoms with Crippen LogP contribution in [0.15, 0.2) is 48.5 Å². The number of hydrogen-bond donors (Lipinski definition) is 1. The zero-order valence-electron chi connectivity index (χ0n) is 12.6. The zero-order chi connectivity index (χ0) is 14.9. The van der Waals surface area contributed by atoms with Crippen LogP contribution < -0.4 is 5.32 Å². The van der Waals surface area contributed by atoms with E-state index in [1.165, 1.54) is 17.5 Å². The fourth-order valence-electron chi connectivity index (χ4n) is 3.18. The van der Waals surface area contributed by atoms with Crippen LogP contribution in [0.1, 0.15) is 43.0 Å². The Bertz CT molecular complexity index is 695. The predicted octanol–water partition coefficient (Wildman–Crippen LogP) is 4.68. The number of nitrogens with one attached hydrogen (secondary N) is 1. The summed E-state index contributed by atoms with van der Waals surface area (Å²) in [5.74, 6) is 0. The summed E-state index contributed by atoms with van der Waals surface area (Å²) in [6.45, 7) is 4.63. The molecule has 0 amide bonds. The molecule has 2 heteroatoms. The van der Waals surface area contributed by atoms with Crippen LogP contribution in [-0.4, -0.2) is 0 Å². The fourth-order valence-corrected chi connectivity index (χ4v) is 3.18. The second-order valence-corrected chi connectivity index (χ2v) is 6.46. The third-order valence-electron chi connectivity index (χ3n) is 4.49. The quantitative estimate of drug-likeness (QED) is 0.864. The standard InChI is InChI=1S/C19H20N2/c1-19(2)11-10-15-7-3-4-9-17(15)18(19)21-16-8-5-6-14(12-16)13-20/h3-9,12,18,21H,10-11H2,1-2H3. The van der Waals surface area contributed by atoms with Crippen molar-refractivity contribution < 1.29 is 0 Å². The number of rotatable bonds is 2. The Balaban J connectivity index is 1.97. The van der Waals surface area contributed by atoms with Gasteiger partial charge in [-0.3, -0.25) is 0 Å². The summed E-state index contributed by atoms with van der Waals surface area (Å²) in [4.78, 5) is 0. The molecule has 0 saturated heterocycles. The molecule has 2 aromatic rings. The lowest BCUT2D eigenvalue weighted by atomic mass is 9.70. The Morgan fingerprint density at radius 3 is 2.76 bits per heavy atom. The van der Waals surface area contributed by atoms with Crippen molar-refractivity contribution in [3.63, 3.8) is 0 Å². The first kappa shape index (κ1) is 13.7. The van der Waals surface area contributed by atoms with E-state index in [9.17, 15) is 0 Å². The summed E-state index contributed by atoms with van der Waals surface area (Å²) in [6.07, 6.45) is 2.30. The molecule has 0 aliphatic heterocycles. The summed E-state index contributed by atoms with van der Waals surface area (Å²) in [6, 6.07) is 18.9. The van der Waals surface area contributed by atoms with Crippen molar-refractivity contribution in [3.05, 3.63) is 65.2 Å². The minimum Gasteiger partial charge on any atom is -0.378 e. The maximum atomic E-state index is 9.05. The van der Waals surface area contributed by atoms with Gasteiger partial charge in [0.15, 0.2) is 0 Å². The van der Waals surface area contributed by atoms with Crippen LogP contribution in [0.25, 0.3) is 0 Å². The average molecular weight is 276 g/mol. The van der Waals surface area contributed by atoms with Gasteiger partial charge in [0.05, 0.1) is 17.7 Å². The number of anilines is 1. The summed E-state index contributed by atoms with van der Waals surface area (Å²) < 4.78 is 0. The molecule has 21 heavy (non-hydrogen) atoms. The largest absolute Gasteiger partial charge is 0.378 e. The monoisotopic (exact) mass is 276 g/mol. The third-order valence-corrected chi connectivity index (χ3v) is 4.49. The number of aryl methyl sites for hydroxylation is 1. The molecule has 3 rings (SSSR count). The second-order valence-electron chi connectivity index (χ2n) is 6.46. The second kappa shape index (κ2) is 5.26. The Labute approximate surface area is 126 Å². The summed E-state index contributed by atoms with van der Waals surface area (Å²) in [5.41, 5.74) is 4.73. The van der Waals surface area contributed by atoms with Gasteiger partial charge in [0.25, 0.3) is 0 Å². The summed E-state index contributed by atoms with van der Waals surface area (Å²) >= 11 is 0. The first-order valence-electron chi connectivity index (χ1n) is 7.45. The zero-order valence-corrected chi connectivity index (χ0v) is 12.6. The smallest absolute Gasteiger partial charge is 0.0992 e. The van der Waals surface area contributed by atoms with E-state index in [0.29, 0.717) is 5.56 Å². The van der Waals surface area contributed by atoms with Crippen LogP contribution in [-0.2, 0) is 6.42 Å². The molecule has 0 aromatic heterocycles. The van der Waals surface area contributed by atoms with Crippen LogP contribution in [0.5, 0.6) is 0 Å². The number of benzene rings is 2. The van der Waals surface area contributed by atoms with Crippen molar-refractivity contribution in [1.29, 1.82) is 5.26 Å². The highest BCUT2D eigenvalue weighted by molar-refractivity contribution is 5.52. The van der Waals surface area contributed by atoms with E-state index in [1.807, 2.05) is 24.3 Å². The molecule has 0 fully saturated rings. The Morgan fingerprint density at radius 1 is 1.14 bits per heavy atom. The molecule has 0 heterocycles. The maximum absolute atomic E-state index is 9.05. The molecule has 1 aliphatic rings. The van der Waals surface area contributed by atoms with Crippen LogP contribution in [0.3, 0.4) is 0 Å². The van der Waals surface area contributed by atoms with Gasteiger partial charge >= 0.3 is 0 Å². The third kappa shape index (κ3) is 2.64. The Kier molecular flexibility index (Phi) is 3.43. The molecule has 0 bridgehead atoms. The first-order chi connectivity index (χ1) is 10.1. The first-order valence-corrected chi connectivity index (χ1v) is 7.45. The number of hydrogen-bond acceptors (Lipinski definition) is 2. The Hall–Kier alpha value is -2.27. The van der Waals surface area contributed by atoms with E-state index in [1.54, 1.807) is 0 Å². The van der Waals surface area contributed by atoms with Crippen molar-refractivity contribution in [1.82, 2.24) is 0 Å². The molecule has 1 unspecified atom stereocenters. The van der Waals surface area contributed by atoms with Gasteiger partial charge in [-0.25, -0.2) is 0 Å². The minimum atomic E-state index is 0.191. The van der Waals surface area contributed by atoms with Gasteiger partial charge in [-0.15, -0.1) is 0 Å². The molecular weight excluding hydrogens is 256 g/mol. The molecule has 0 saturated carbocycles. The highest BCUT2D eigenvalue weighted by atomic mass is 14.9. The SMILES string of the molecule is CC1(C)CCc2ccccc2C1Nc1cccc(C#N)c1. The van der Waals surface area contributed by atoms with Crippen molar-refractivity contribution in [2.24, 2.45) is 5.41 Å². The van der Waals surface area contributed by atoms with Gasteiger partial charge < -0.3 is 5.32 Å². The van der Waals surface area contributed by atoms with E-state index < -0.39 is 0 Å². The van der Waals surface area contributed by atoms with Crippen molar-refractivity contribution in [2.75, 3.05) is 5.32 Å². The van der Waals surface area contributed by atoms with E-state index in [-0.39, 0.29) is 11.5 Å². The van der Waals surface area contributed by atoms with Crippen LogP contribution >= 0.6 is 0 Å². The van der Waals surface area contributed by atoms with Crippen LogP contribution in [0.2, 0.25) is 0 Å². The van der Waals surface area contributed by atoms with Crippen LogP contribution in [0, 0.1) is 16.7 Å². The van der Waals surface area contributed by atoms with E-state index in [0.717, 1.165) is 12.1 Å². The molecule has 0 spiro atoms. The topological polar surface area (TPSA) is 35.8 Å². The summed E-state index contributed by atoms with van der Waals surface area (Å²) in [7, 11) is 0. The minimum absolute atomic E-state index is 0.191. The molecule has 0 radical (unpaired) electrons. The molecular formula is C19H20N2. The lowest BCUT2D eigenvalue weighted by Gasteiger charge is -2.41. The molecule has 2 aromatic carbocycles. The molecule has 2 nitrogen and oxygen atoms in total. The van der Waals surface area contributed by atoms with E-state index in [2.05, 4.69) is 49.5 Å². The maximum Gasteiger partial charge on any atom is 0.0992 e. The number of fused-ring (bicyclic) bond motifs is 1. The summed E-state index contributed by atoms with van der Waals surface area (Å²) in [5, 5.41) is 12.7. The Morgan fingerprint density at radius 2 is 1.95 bits per heavy atom. The van der Waals surface area contributed by atoms with Crippen LogP contribution in [0.4, 0.5) is 5.69 Å². The molecule has 1 N–H and O–H groups in total. The van der Waals surface area contributed by atoms with E-state index >= 15 is 0 Å². The fraction of sp³-hybridized carbons (Fsp3) is 0.316. The van der Waals surface area contributed by atoms with Gasteiger partial charge in [-0.05, 0) is 47.6 Å². The van der Waals surface area contributed by atoms with Crippen molar-refractivity contribution in [3.8, 4) is 6.07 Å². The highest BCUT2D eigenvalue weighted by Gasteiger charge is 2.35. The normalized spacial score (nSPS) is 19.4. The van der Waals surface area contributed by atoms with Gasteiger partial charge in [-0.1, -0.05) is 44.2 Å². The van der Waals surface area contributed by atoms with Crippen molar-refractivity contribution >= 4 is 5.69 Å². The predicted molar refractivity (Wildman–Crippen MR) is 86.1 cm³/mol. The highest BCUT2D eigenvalue weighted by Crippen LogP contribution is 2.45. The van der Waals surface area contributed by atoms with E-state index in [4.69, 9.17) is 5.26 Å². The van der Waals surface area contributed by atoms with Gasteiger partial charge in [0, 0.05) is 5.69 Å². The molecule has 106 valence electrons. The number of nitriles is 1. The molecule has 1 aliphatic carbocycles. The lowest BCUT2D eigenvalue weighted by molar-refractivity contribution is 0.265.